The molecule has 1 unspecified atom stereocenters. The van der Waals surface area contributed by atoms with Gasteiger partial charge in [0.25, 0.3) is 0 Å². The lowest BCUT2D eigenvalue weighted by atomic mass is 10.0. The van der Waals surface area contributed by atoms with Crippen molar-refractivity contribution in [1.29, 1.82) is 0 Å². The van der Waals surface area contributed by atoms with E-state index >= 15 is 0 Å². The lowest BCUT2D eigenvalue weighted by molar-refractivity contribution is 0.157. The highest BCUT2D eigenvalue weighted by Gasteiger charge is 2.23. The van der Waals surface area contributed by atoms with E-state index in [1.54, 1.807) is 6.92 Å². The molecule has 1 saturated carbocycles. The van der Waals surface area contributed by atoms with Crippen molar-refractivity contribution in [3.05, 3.63) is 75.8 Å². The first-order valence-electron chi connectivity index (χ1n) is 12.1. The van der Waals surface area contributed by atoms with E-state index in [1.807, 2.05) is 43.4 Å². The Morgan fingerprint density at radius 3 is 2.68 bits per heavy atom. The molecular weight excluding hydrogens is 448 g/mol. The summed E-state index contributed by atoms with van der Waals surface area (Å²) in [4.78, 5) is 0. The molecule has 5 nitrogen and oxygen atoms in total. The summed E-state index contributed by atoms with van der Waals surface area (Å²) in [5.41, 5.74) is 4.49. The van der Waals surface area contributed by atoms with Crippen LogP contribution in [0.2, 0.25) is 5.02 Å². The molecule has 1 aliphatic carbocycles. The normalized spacial score (nSPS) is 14.7. The minimum absolute atomic E-state index is 0.432. The van der Waals surface area contributed by atoms with Crippen molar-refractivity contribution < 1.29 is 14.6 Å². The number of aliphatic hydroxyl groups excluding tert-OH is 1. The zero-order valence-electron chi connectivity index (χ0n) is 20.4. The van der Waals surface area contributed by atoms with Crippen molar-refractivity contribution in [3.63, 3.8) is 0 Å². The molecule has 34 heavy (non-hydrogen) atoms. The van der Waals surface area contributed by atoms with Crippen molar-refractivity contribution >= 4 is 17.7 Å². The molecule has 0 radical (unpaired) electrons. The number of hydrogen-bond acceptors (Lipinski definition) is 5. The molecule has 184 valence electrons. The number of benzene rings is 2. The van der Waals surface area contributed by atoms with Gasteiger partial charge in [-0.2, -0.15) is 0 Å². The third-order valence-electron chi connectivity index (χ3n) is 5.79. The Balaban J connectivity index is 1.68. The zero-order chi connectivity index (χ0) is 24.3. The lowest BCUT2D eigenvalue weighted by Crippen LogP contribution is -2.32. The Morgan fingerprint density at radius 2 is 1.94 bits per heavy atom. The molecule has 0 spiro atoms. The van der Waals surface area contributed by atoms with Crippen LogP contribution in [-0.4, -0.2) is 31.0 Å². The second-order valence-corrected chi connectivity index (χ2v) is 9.16. The van der Waals surface area contributed by atoms with Gasteiger partial charge in [0, 0.05) is 31.3 Å². The van der Waals surface area contributed by atoms with Crippen molar-refractivity contribution in [2.24, 2.45) is 5.92 Å². The smallest absolute Gasteiger partial charge is 0.142 e. The average Bonchev–Trinajstić information content (AvgIpc) is 3.64. The number of nitrogens with one attached hydrogen (secondary N) is 2. The number of allylic oxidation sites excluding steroid dienone is 3. The van der Waals surface area contributed by atoms with Crippen molar-refractivity contribution in [2.45, 2.75) is 53.0 Å². The minimum atomic E-state index is -0.515. The monoisotopic (exact) mass is 484 g/mol. The number of halogens is 1. The quantitative estimate of drug-likeness (QED) is 0.184. The molecule has 3 N–H and O–H groups in total. The fraction of sp³-hybridized carbons (Fsp3) is 0.429. The van der Waals surface area contributed by atoms with Gasteiger partial charge in [-0.25, -0.2) is 0 Å². The first-order valence-corrected chi connectivity index (χ1v) is 12.4. The van der Waals surface area contributed by atoms with Crippen molar-refractivity contribution in [1.82, 2.24) is 10.6 Å². The van der Waals surface area contributed by atoms with E-state index in [0.717, 1.165) is 30.0 Å². The first-order chi connectivity index (χ1) is 16.5. The molecule has 0 amide bonds. The Morgan fingerprint density at radius 1 is 1.12 bits per heavy atom. The van der Waals surface area contributed by atoms with Crippen LogP contribution in [0.25, 0.3) is 6.08 Å². The maximum atomic E-state index is 9.32. The first kappa shape index (κ1) is 26.3. The van der Waals surface area contributed by atoms with Crippen LogP contribution in [0.5, 0.6) is 11.5 Å². The van der Waals surface area contributed by atoms with Crippen LogP contribution in [0, 0.1) is 12.8 Å². The highest BCUT2D eigenvalue weighted by Crippen LogP contribution is 2.36. The average molecular weight is 485 g/mol. The van der Waals surface area contributed by atoms with E-state index in [4.69, 9.17) is 21.1 Å². The SMILES string of the molecule is C/C=C\C=C\c1cccc(COc2cc(OCC3CC3)c(CNCCNC(C)O)cc2Cl)c1C. The van der Waals surface area contributed by atoms with E-state index in [-0.39, 0.29) is 0 Å². The maximum absolute atomic E-state index is 9.32. The van der Waals surface area contributed by atoms with Gasteiger partial charge in [0.15, 0.2) is 0 Å². The van der Waals surface area contributed by atoms with Gasteiger partial charge in [-0.1, -0.05) is 54.1 Å². The molecule has 2 aromatic carbocycles. The second kappa shape index (κ2) is 13.5. The fourth-order valence-corrected chi connectivity index (χ4v) is 3.75. The van der Waals surface area contributed by atoms with Crippen molar-refractivity contribution in [3.8, 4) is 11.5 Å². The number of rotatable bonds is 14. The predicted molar refractivity (Wildman–Crippen MR) is 140 cm³/mol. The predicted octanol–water partition coefficient (Wildman–Crippen LogP) is 5.62. The third kappa shape index (κ3) is 8.48. The summed E-state index contributed by atoms with van der Waals surface area (Å²) in [5, 5.41) is 16.2. The van der Waals surface area contributed by atoms with E-state index in [1.165, 1.54) is 24.0 Å². The Bertz CT molecular complexity index is 984. The molecule has 0 saturated heterocycles. The number of ether oxygens (including phenoxy) is 2. The summed E-state index contributed by atoms with van der Waals surface area (Å²) < 4.78 is 12.3. The van der Waals surface area contributed by atoms with Gasteiger partial charge in [0.1, 0.15) is 24.3 Å². The molecule has 6 heteroatoms. The zero-order valence-corrected chi connectivity index (χ0v) is 21.2. The summed E-state index contributed by atoms with van der Waals surface area (Å²) in [6, 6.07) is 10.1. The molecule has 1 aliphatic rings. The van der Waals surface area contributed by atoms with Gasteiger partial charge in [-0.3, -0.25) is 5.32 Å². The molecular formula is C28H37ClN2O3. The summed E-state index contributed by atoms with van der Waals surface area (Å²) in [6.07, 6.45) is 10.1. The molecule has 0 aromatic heterocycles. The maximum Gasteiger partial charge on any atom is 0.142 e. The van der Waals surface area contributed by atoms with Crippen LogP contribution in [0.1, 0.15) is 48.9 Å². The molecule has 2 aromatic rings. The lowest BCUT2D eigenvalue weighted by Gasteiger charge is -2.17. The van der Waals surface area contributed by atoms with Crippen LogP contribution in [0.4, 0.5) is 0 Å². The molecule has 1 atom stereocenters. The Hall–Kier alpha value is -2.31. The molecule has 1 fully saturated rings. The van der Waals surface area contributed by atoms with Crippen molar-refractivity contribution in [2.75, 3.05) is 19.7 Å². The van der Waals surface area contributed by atoms with Crippen LogP contribution in [0.15, 0.2) is 48.6 Å². The van der Waals surface area contributed by atoms with Gasteiger partial charge in [0.2, 0.25) is 0 Å². The van der Waals surface area contributed by atoms with Gasteiger partial charge >= 0.3 is 0 Å². The van der Waals surface area contributed by atoms with E-state index in [9.17, 15) is 5.11 Å². The van der Waals surface area contributed by atoms with Crippen LogP contribution in [0.3, 0.4) is 0 Å². The van der Waals surface area contributed by atoms with Crippen LogP contribution in [-0.2, 0) is 13.2 Å². The summed E-state index contributed by atoms with van der Waals surface area (Å²) in [7, 11) is 0. The summed E-state index contributed by atoms with van der Waals surface area (Å²) in [6.45, 7) is 9.00. The molecule has 0 aliphatic heterocycles. The second-order valence-electron chi connectivity index (χ2n) is 8.76. The molecule has 0 bridgehead atoms. The van der Waals surface area contributed by atoms with Crippen LogP contribution < -0.4 is 20.1 Å². The molecule has 3 rings (SSSR count). The topological polar surface area (TPSA) is 62.8 Å². The highest BCUT2D eigenvalue weighted by molar-refractivity contribution is 6.32. The van der Waals surface area contributed by atoms with Gasteiger partial charge in [-0.05, 0) is 62.3 Å². The Kier molecular flexibility index (Phi) is 10.5. The fourth-order valence-electron chi connectivity index (χ4n) is 3.51. The molecule has 0 heterocycles. The largest absolute Gasteiger partial charge is 0.493 e. The highest BCUT2D eigenvalue weighted by atomic mass is 35.5. The number of aliphatic hydroxyl groups is 1. The van der Waals surface area contributed by atoms with Gasteiger partial charge in [-0.15, -0.1) is 0 Å². The Labute approximate surface area is 208 Å². The van der Waals surface area contributed by atoms with E-state index in [2.05, 4.69) is 35.8 Å². The van der Waals surface area contributed by atoms with E-state index < -0.39 is 6.23 Å². The third-order valence-corrected chi connectivity index (χ3v) is 6.09. The van der Waals surface area contributed by atoms with Crippen LogP contribution >= 0.6 is 11.6 Å². The minimum Gasteiger partial charge on any atom is -0.493 e. The van der Waals surface area contributed by atoms with Gasteiger partial charge in [0.05, 0.1) is 11.6 Å². The van der Waals surface area contributed by atoms with Gasteiger partial charge < -0.3 is 19.9 Å². The van der Waals surface area contributed by atoms with E-state index in [0.29, 0.717) is 36.4 Å². The number of hydrogen-bond donors (Lipinski definition) is 3. The summed E-state index contributed by atoms with van der Waals surface area (Å²) >= 11 is 6.61. The standard InChI is InChI=1S/C28H37ClN2O3/c1-4-5-6-8-23-9-7-10-24(20(23)2)19-34-28-16-27(33-18-22-11-12-22)25(15-26(28)29)17-30-13-14-31-21(3)32/h4-10,15-16,21-22,30-32H,11-14,17-19H2,1-3H3/b5-4-,8-6+. The summed E-state index contributed by atoms with van der Waals surface area (Å²) in [5.74, 6) is 2.08.